The van der Waals surface area contributed by atoms with Crippen molar-refractivity contribution >= 4 is 5.97 Å². The minimum Gasteiger partial charge on any atom is -0.546 e. The SMILES string of the molecule is CC(Cc1ccccc1)c1ccc(OCC(=O)[O-])cc1.[K+]. The van der Waals surface area contributed by atoms with Gasteiger partial charge in [-0.3, -0.25) is 0 Å². The van der Waals surface area contributed by atoms with Gasteiger partial charge in [0.1, 0.15) is 12.4 Å². The van der Waals surface area contributed by atoms with Gasteiger partial charge in [0.2, 0.25) is 0 Å². The molecule has 0 heterocycles. The third-order valence-electron chi connectivity index (χ3n) is 3.19. The number of carboxylic acids is 1. The molecule has 0 saturated carbocycles. The van der Waals surface area contributed by atoms with Crippen LogP contribution in [0.3, 0.4) is 0 Å². The van der Waals surface area contributed by atoms with Gasteiger partial charge in [0.25, 0.3) is 0 Å². The Morgan fingerprint density at radius 1 is 1.10 bits per heavy atom. The molecule has 0 N–H and O–H groups in total. The van der Waals surface area contributed by atoms with Crippen LogP contribution in [-0.4, -0.2) is 12.6 Å². The fourth-order valence-corrected chi connectivity index (χ4v) is 2.12. The maximum atomic E-state index is 10.3. The number of ether oxygens (including phenoxy) is 1. The van der Waals surface area contributed by atoms with Crippen LogP contribution in [0.2, 0.25) is 0 Å². The number of rotatable bonds is 6. The van der Waals surface area contributed by atoms with Gasteiger partial charge in [-0.05, 0) is 35.6 Å². The van der Waals surface area contributed by atoms with E-state index >= 15 is 0 Å². The Bertz CT molecular complexity index is 552. The van der Waals surface area contributed by atoms with E-state index in [4.69, 9.17) is 4.74 Å². The number of carbonyl (C=O) groups excluding carboxylic acids is 1. The average molecular weight is 308 g/mol. The molecule has 0 spiro atoms. The van der Waals surface area contributed by atoms with Gasteiger partial charge in [-0.2, -0.15) is 0 Å². The molecule has 104 valence electrons. The summed E-state index contributed by atoms with van der Waals surface area (Å²) in [4.78, 5) is 10.3. The summed E-state index contributed by atoms with van der Waals surface area (Å²) < 4.78 is 5.06. The second kappa shape index (κ2) is 9.38. The zero-order valence-corrected chi connectivity index (χ0v) is 15.5. The van der Waals surface area contributed by atoms with Crippen molar-refractivity contribution in [3.05, 3.63) is 65.7 Å². The van der Waals surface area contributed by atoms with Crippen molar-refractivity contribution in [3.63, 3.8) is 0 Å². The Kier molecular flexibility index (Phi) is 8.22. The Labute approximate surface area is 167 Å². The normalized spacial score (nSPS) is 11.3. The summed E-state index contributed by atoms with van der Waals surface area (Å²) in [5.41, 5.74) is 2.51. The van der Waals surface area contributed by atoms with E-state index in [9.17, 15) is 9.90 Å². The smallest absolute Gasteiger partial charge is 0.546 e. The summed E-state index contributed by atoms with van der Waals surface area (Å²) in [6.45, 7) is 1.75. The van der Waals surface area contributed by atoms with Crippen LogP contribution in [0.25, 0.3) is 0 Å². The summed E-state index contributed by atoms with van der Waals surface area (Å²) in [6.07, 6.45) is 0.972. The van der Waals surface area contributed by atoms with Crippen molar-refractivity contribution in [3.8, 4) is 5.75 Å². The Balaban J connectivity index is 0.00000220. The third-order valence-corrected chi connectivity index (χ3v) is 3.19. The standard InChI is InChI=1S/C17H18O3.K/c1-13(11-14-5-3-2-4-6-14)15-7-9-16(10-8-15)20-12-17(18)19;/h2-10,13H,11-12H2,1H3,(H,18,19);/q;+1/p-1. The predicted molar refractivity (Wildman–Crippen MR) is 75.5 cm³/mol. The molecule has 0 fully saturated rings. The van der Waals surface area contributed by atoms with E-state index in [1.807, 2.05) is 30.3 Å². The van der Waals surface area contributed by atoms with E-state index in [0.29, 0.717) is 11.7 Å². The summed E-state index contributed by atoms with van der Waals surface area (Å²) >= 11 is 0. The zero-order chi connectivity index (χ0) is 14.4. The number of carboxylic acid groups (broad SMARTS) is 1. The third kappa shape index (κ3) is 6.32. The molecule has 0 amide bonds. The van der Waals surface area contributed by atoms with Gasteiger partial charge in [-0.25, -0.2) is 0 Å². The molecule has 0 aromatic heterocycles. The van der Waals surface area contributed by atoms with E-state index < -0.39 is 12.6 Å². The largest absolute Gasteiger partial charge is 1.00 e. The summed E-state index contributed by atoms with van der Waals surface area (Å²) in [7, 11) is 0. The molecule has 0 aliphatic carbocycles. The molecule has 0 saturated heterocycles. The van der Waals surface area contributed by atoms with Crippen LogP contribution in [-0.2, 0) is 11.2 Å². The molecule has 2 aromatic carbocycles. The van der Waals surface area contributed by atoms with Crippen LogP contribution in [0.4, 0.5) is 0 Å². The molecule has 0 radical (unpaired) electrons. The van der Waals surface area contributed by atoms with Crippen molar-refractivity contribution < 1.29 is 66.0 Å². The molecule has 3 nitrogen and oxygen atoms in total. The van der Waals surface area contributed by atoms with Crippen LogP contribution < -0.4 is 61.2 Å². The van der Waals surface area contributed by atoms with Gasteiger partial charge in [0.15, 0.2) is 0 Å². The summed E-state index contributed by atoms with van der Waals surface area (Å²) in [5, 5.41) is 10.3. The second-order valence-corrected chi connectivity index (χ2v) is 4.82. The van der Waals surface area contributed by atoms with Gasteiger partial charge in [0.05, 0.1) is 5.97 Å². The minimum atomic E-state index is -1.22. The van der Waals surface area contributed by atoms with Crippen molar-refractivity contribution in [1.29, 1.82) is 0 Å². The maximum absolute atomic E-state index is 10.3. The first-order valence-electron chi connectivity index (χ1n) is 6.61. The van der Waals surface area contributed by atoms with Gasteiger partial charge in [0, 0.05) is 0 Å². The van der Waals surface area contributed by atoms with Gasteiger partial charge >= 0.3 is 51.4 Å². The predicted octanol–water partition coefficient (Wildman–Crippen LogP) is -0.834. The van der Waals surface area contributed by atoms with Crippen LogP contribution in [0.15, 0.2) is 54.6 Å². The maximum Gasteiger partial charge on any atom is 1.00 e. The fraction of sp³-hybridized carbons (Fsp3) is 0.235. The first-order valence-corrected chi connectivity index (χ1v) is 6.61. The van der Waals surface area contributed by atoms with E-state index in [-0.39, 0.29) is 51.4 Å². The van der Waals surface area contributed by atoms with E-state index in [1.165, 1.54) is 11.1 Å². The molecule has 0 bridgehead atoms. The Morgan fingerprint density at radius 2 is 1.71 bits per heavy atom. The van der Waals surface area contributed by atoms with Crippen LogP contribution in [0.5, 0.6) is 5.75 Å². The minimum absolute atomic E-state index is 0. The number of benzene rings is 2. The van der Waals surface area contributed by atoms with Crippen molar-refractivity contribution in [2.45, 2.75) is 19.3 Å². The molecule has 21 heavy (non-hydrogen) atoms. The summed E-state index contributed by atoms with van der Waals surface area (Å²) in [6, 6.07) is 17.9. The first kappa shape index (κ1) is 18.4. The number of carbonyl (C=O) groups is 1. The molecular formula is C17H17KO3. The molecule has 2 aromatic rings. The molecule has 1 atom stereocenters. The molecular weight excluding hydrogens is 291 g/mol. The van der Waals surface area contributed by atoms with Gasteiger partial charge in [-0.15, -0.1) is 0 Å². The first-order chi connectivity index (χ1) is 9.65. The van der Waals surface area contributed by atoms with Crippen LogP contribution in [0.1, 0.15) is 24.0 Å². The van der Waals surface area contributed by atoms with Crippen molar-refractivity contribution in [2.75, 3.05) is 6.61 Å². The van der Waals surface area contributed by atoms with E-state index in [0.717, 1.165) is 6.42 Å². The van der Waals surface area contributed by atoms with E-state index in [2.05, 4.69) is 19.1 Å². The summed E-state index contributed by atoms with van der Waals surface area (Å²) in [5.74, 6) is -0.274. The molecule has 2 rings (SSSR count). The second-order valence-electron chi connectivity index (χ2n) is 4.82. The van der Waals surface area contributed by atoms with Crippen LogP contribution >= 0.6 is 0 Å². The Hall–Kier alpha value is -0.654. The quantitative estimate of drug-likeness (QED) is 0.654. The molecule has 1 unspecified atom stereocenters. The molecule has 0 aliphatic rings. The van der Waals surface area contributed by atoms with E-state index in [1.54, 1.807) is 12.1 Å². The number of hydrogen-bond acceptors (Lipinski definition) is 3. The van der Waals surface area contributed by atoms with Gasteiger partial charge < -0.3 is 14.6 Å². The number of hydrogen-bond donors (Lipinski definition) is 0. The Morgan fingerprint density at radius 3 is 2.29 bits per heavy atom. The fourth-order valence-electron chi connectivity index (χ4n) is 2.12. The van der Waals surface area contributed by atoms with Crippen molar-refractivity contribution in [1.82, 2.24) is 0 Å². The number of aliphatic carboxylic acids is 1. The molecule has 0 aliphatic heterocycles. The topological polar surface area (TPSA) is 49.4 Å². The monoisotopic (exact) mass is 308 g/mol. The average Bonchev–Trinajstić information content (AvgIpc) is 2.46. The van der Waals surface area contributed by atoms with Gasteiger partial charge in [-0.1, -0.05) is 49.4 Å². The van der Waals surface area contributed by atoms with Crippen molar-refractivity contribution in [2.24, 2.45) is 0 Å². The van der Waals surface area contributed by atoms with Crippen LogP contribution in [0, 0.1) is 0 Å². The zero-order valence-electron chi connectivity index (χ0n) is 12.4. The molecule has 4 heteroatoms.